The molecule has 6 nitrogen and oxygen atoms in total. The lowest BCUT2D eigenvalue weighted by Gasteiger charge is -2.13. The van der Waals surface area contributed by atoms with Gasteiger partial charge in [-0.05, 0) is 47.5 Å². The van der Waals surface area contributed by atoms with Crippen molar-refractivity contribution in [2.45, 2.75) is 0 Å². The third-order valence-corrected chi connectivity index (χ3v) is 7.57. The average Bonchev–Trinajstić information content (AvgIpc) is 3.51. The maximum absolute atomic E-state index is 13.3. The largest absolute Gasteiger partial charge is 0.298 e. The maximum atomic E-state index is 13.3. The van der Waals surface area contributed by atoms with Crippen LogP contribution in [0.4, 0.5) is 10.3 Å². The van der Waals surface area contributed by atoms with E-state index < -0.39 is 0 Å². The van der Waals surface area contributed by atoms with Crippen molar-refractivity contribution >= 4 is 65.2 Å². The Morgan fingerprint density at radius 3 is 1.36 bits per heavy atom. The molecule has 0 aliphatic rings. The lowest BCUT2D eigenvalue weighted by atomic mass is 9.94. The van der Waals surface area contributed by atoms with Crippen molar-refractivity contribution in [2.24, 2.45) is 0 Å². The van der Waals surface area contributed by atoms with Crippen LogP contribution in [-0.2, 0) is 0 Å². The Bertz CT molecular complexity index is 1560. The minimum Gasteiger partial charge on any atom is -0.298 e. The van der Waals surface area contributed by atoms with Crippen molar-refractivity contribution in [2.75, 3.05) is 10.6 Å². The molecule has 2 amide bonds. The molecule has 36 heavy (non-hydrogen) atoms. The second-order valence-electron chi connectivity index (χ2n) is 7.97. The van der Waals surface area contributed by atoms with Gasteiger partial charge in [0.25, 0.3) is 11.8 Å². The quantitative estimate of drug-likeness (QED) is 0.262. The van der Waals surface area contributed by atoms with Gasteiger partial charge in [0.15, 0.2) is 10.3 Å². The van der Waals surface area contributed by atoms with E-state index in [1.54, 1.807) is 24.3 Å². The number of rotatable bonds is 5. The van der Waals surface area contributed by atoms with Crippen LogP contribution in [0.2, 0.25) is 0 Å². The highest BCUT2D eigenvalue weighted by Crippen LogP contribution is 2.31. The van der Waals surface area contributed by atoms with E-state index in [4.69, 9.17) is 0 Å². The van der Waals surface area contributed by atoms with Gasteiger partial charge in [0.2, 0.25) is 0 Å². The molecule has 0 saturated heterocycles. The minimum absolute atomic E-state index is 0.286. The van der Waals surface area contributed by atoms with Crippen LogP contribution in [0.5, 0.6) is 0 Å². The van der Waals surface area contributed by atoms with Gasteiger partial charge in [-0.15, -0.1) is 0 Å². The lowest BCUT2D eigenvalue weighted by Crippen LogP contribution is -2.15. The normalized spacial score (nSPS) is 11.0. The number of carbonyl (C=O) groups excluding carboxylic acids is 2. The summed E-state index contributed by atoms with van der Waals surface area (Å²) < 4.78 is 2.00. The monoisotopic (exact) mass is 506 g/mol. The highest BCUT2D eigenvalue weighted by atomic mass is 32.1. The molecule has 8 heteroatoms. The Kier molecular flexibility index (Phi) is 5.73. The predicted octanol–water partition coefficient (Wildman–Crippen LogP) is 7.08. The van der Waals surface area contributed by atoms with Crippen molar-refractivity contribution < 1.29 is 9.59 Å². The molecule has 0 fully saturated rings. The van der Waals surface area contributed by atoms with Crippen LogP contribution in [0.3, 0.4) is 0 Å². The van der Waals surface area contributed by atoms with E-state index in [2.05, 4.69) is 20.6 Å². The SMILES string of the molecule is O=C(Nc1nc2ccccc2s1)c1ccccc1-c1ccccc1C(=O)Nc1nc2ccccc2s1. The molecular formula is C28H18N4O2S2. The van der Waals surface area contributed by atoms with Crippen LogP contribution in [-0.4, -0.2) is 21.8 Å². The number of amides is 2. The van der Waals surface area contributed by atoms with E-state index in [-0.39, 0.29) is 11.8 Å². The van der Waals surface area contributed by atoms with Gasteiger partial charge in [-0.2, -0.15) is 0 Å². The van der Waals surface area contributed by atoms with E-state index in [1.807, 2.05) is 72.8 Å². The van der Waals surface area contributed by atoms with E-state index in [0.29, 0.717) is 32.5 Å². The molecule has 6 rings (SSSR count). The molecule has 0 unspecified atom stereocenters. The predicted molar refractivity (Wildman–Crippen MR) is 147 cm³/mol. The summed E-state index contributed by atoms with van der Waals surface area (Å²) in [6, 6.07) is 30.0. The summed E-state index contributed by atoms with van der Waals surface area (Å²) in [7, 11) is 0. The van der Waals surface area contributed by atoms with Crippen molar-refractivity contribution in [1.29, 1.82) is 0 Å². The third kappa shape index (κ3) is 4.24. The number of aromatic nitrogens is 2. The van der Waals surface area contributed by atoms with Gasteiger partial charge in [-0.1, -0.05) is 83.3 Å². The van der Waals surface area contributed by atoms with Gasteiger partial charge in [0, 0.05) is 11.1 Å². The molecule has 0 saturated carbocycles. The molecule has 2 aromatic heterocycles. The zero-order chi connectivity index (χ0) is 24.5. The first-order valence-corrected chi connectivity index (χ1v) is 12.8. The first-order valence-electron chi connectivity index (χ1n) is 11.2. The molecule has 2 heterocycles. The molecule has 0 spiro atoms. The number of hydrogen-bond acceptors (Lipinski definition) is 6. The van der Waals surface area contributed by atoms with E-state index >= 15 is 0 Å². The third-order valence-electron chi connectivity index (χ3n) is 5.66. The zero-order valence-corrected chi connectivity index (χ0v) is 20.4. The summed E-state index contributed by atoms with van der Waals surface area (Å²) in [4.78, 5) is 35.6. The fraction of sp³-hybridized carbons (Fsp3) is 0. The molecule has 0 aliphatic heterocycles. The fourth-order valence-electron chi connectivity index (χ4n) is 4.01. The minimum atomic E-state index is -0.286. The summed E-state index contributed by atoms with van der Waals surface area (Å²) in [6.07, 6.45) is 0. The molecule has 2 N–H and O–H groups in total. The number of benzene rings is 4. The van der Waals surface area contributed by atoms with E-state index in [0.717, 1.165) is 20.4 Å². The molecule has 6 aromatic rings. The highest BCUT2D eigenvalue weighted by molar-refractivity contribution is 7.22. The van der Waals surface area contributed by atoms with Gasteiger partial charge < -0.3 is 0 Å². The summed E-state index contributed by atoms with van der Waals surface area (Å²) in [5.41, 5.74) is 3.90. The summed E-state index contributed by atoms with van der Waals surface area (Å²) in [5, 5.41) is 6.89. The second-order valence-corrected chi connectivity index (χ2v) is 10.0. The van der Waals surface area contributed by atoms with Crippen molar-refractivity contribution in [1.82, 2.24) is 9.97 Å². The van der Waals surface area contributed by atoms with E-state index in [9.17, 15) is 9.59 Å². The van der Waals surface area contributed by atoms with Crippen LogP contribution in [0.15, 0.2) is 97.1 Å². The molecule has 4 aromatic carbocycles. The fourth-order valence-corrected chi connectivity index (χ4v) is 5.73. The molecular weight excluding hydrogens is 488 g/mol. The van der Waals surface area contributed by atoms with Gasteiger partial charge in [-0.25, -0.2) is 9.97 Å². The first-order chi connectivity index (χ1) is 17.7. The molecule has 0 atom stereocenters. The van der Waals surface area contributed by atoms with Gasteiger partial charge in [0.05, 0.1) is 20.4 Å². The lowest BCUT2D eigenvalue weighted by molar-refractivity contribution is 0.101. The zero-order valence-electron chi connectivity index (χ0n) is 18.8. The summed E-state index contributed by atoms with van der Waals surface area (Å²) in [5.74, 6) is -0.572. The van der Waals surface area contributed by atoms with Crippen LogP contribution in [0, 0.1) is 0 Å². The summed E-state index contributed by atoms with van der Waals surface area (Å²) >= 11 is 2.84. The topological polar surface area (TPSA) is 84.0 Å². The number of thiazole rings is 2. The van der Waals surface area contributed by atoms with Crippen LogP contribution < -0.4 is 10.6 Å². The van der Waals surface area contributed by atoms with E-state index in [1.165, 1.54) is 22.7 Å². The Hall–Kier alpha value is -4.40. The van der Waals surface area contributed by atoms with Crippen LogP contribution in [0.25, 0.3) is 31.6 Å². The molecule has 0 bridgehead atoms. The first kappa shape index (κ1) is 22.1. The van der Waals surface area contributed by atoms with Crippen LogP contribution >= 0.6 is 22.7 Å². The Morgan fingerprint density at radius 2 is 0.917 bits per heavy atom. The Balaban J connectivity index is 1.32. The molecule has 174 valence electrons. The number of anilines is 2. The number of fused-ring (bicyclic) bond motifs is 2. The number of nitrogens with zero attached hydrogens (tertiary/aromatic N) is 2. The smallest absolute Gasteiger partial charge is 0.258 e. The van der Waals surface area contributed by atoms with Gasteiger partial charge >= 0.3 is 0 Å². The number of nitrogens with one attached hydrogen (secondary N) is 2. The van der Waals surface area contributed by atoms with Crippen molar-refractivity contribution in [3.8, 4) is 11.1 Å². The maximum Gasteiger partial charge on any atom is 0.258 e. The number of para-hydroxylation sites is 2. The Morgan fingerprint density at radius 1 is 0.528 bits per heavy atom. The Labute approximate surface area is 214 Å². The molecule has 0 radical (unpaired) electrons. The van der Waals surface area contributed by atoms with Gasteiger partial charge in [-0.3, -0.25) is 20.2 Å². The van der Waals surface area contributed by atoms with Crippen LogP contribution in [0.1, 0.15) is 20.7 Å². The second kappa shape index (κ2) is 9.33. The number of hydrogen-bond donors (Lipinski definition) is 2. The van der Waals surface area contributed by atoms with Crippen molar-refractivity contribution in [3.63, 3.8) is 0 Å². The number of carbonyl (C=O) groups is 2. The van der Waals surface area contributed by atoms with Gasteiger partial charge in [0.1, 0.15) is 0 Å². The highest BCUT2D eigenvalue weighted by Gasteiger charge is 2.20. The van der Waals surface area contributed by atoms with Crippen molar-refractivity contribution in [3.05, 3.63) is 108 Å². The average molecular weight is 507 g/mol. The standard InChI is InChI=1S/C28H18N4O2S2/c33-25(31-27-29-21-13-5-7-15-23(21)35-27)19-11-3-1-9-17(19)18-10-2-4-12-20(18)26(34)32-28-30-22-14-6-8-16-24(22)36-28/h1-16H,(H,29,31,33)(H,30,32,34). The summed E-state index contributed by atoms with van der Waals surface area (Å²) in [6.45, 7) is 0. The molecule has 0 aliphatic carbocycles.